The fraction of sp³-hybridized carbons (Fsp3) is 0.692. The Morgan fingerprint density at radius 1 is 1.50 bits per heavy atom. The van der Waals surface area contributed by atoms with Crippen LogP contribution in [0.15, 0.2) is 10.7 Å². The van der Waals surface area contributed by atoms with Gasteiger partial charge in [-0.25, -0.2) is 9.97 Å². The smallest absolute Gasteiger partial charge is 0.134 e. The molecule has 0 spiro atoms. The average molecular weight is 314 g/mol. The third kappa shape index (κ3) is 2.83. The van der Waals surface area contributed by atoms with E-state index in [0.29, 0.717) is 5.92 Å². The summed E-state index contributed by atoms with van der Waals surface area (Å²) >= 11 is 3.44. The third-order valence-electron chi connectivity index (χ3n) is 3.53. The van der Waals surface area contributed by atoms with Crippen LogP contribution in [0.25, 0.3) is 0 Å². The largest absolute Gasteiger partial charge is 0.376 e. The van der Waals surface area contributed by atoms with E-state index in [-0.39, 0.29) is 11.6 Å². The maximum Gasteiger partial charge on any atom is 0.134 e. The molecule has 0 amide bonds. The molecule has 1 fully saturated rings. The Labute approximate surface area is 117 Å². The van der Waals surface area contributed by atoms with Gasteiger partial charge >= 0.3 is 0 Å². The topological polar surface area (TPSA) is 47.0 Å². The van der Waals surface area contributed by atoms with Gasteiger partial charge in [-0.15, -0.1) is 0 Å². The lowest BCUT2D eigenvalue weighted by Gasteiger charge is -2.29. The summed E-state index contributed by atoms with van der Waals surface area (Å²) < 4.78 is 6.45. The maximum absolute atomic E-state index is 5.63. The molecule has 1 aliphatic rings. The highest BCUT2D eigenvalue weighted by molar-refractivity contribution is 9.10. The van der Waals surface area contributed by atoms with Crippen LogP contribution in [0, 0.1) is 0 Å². The van der Waals surface area contributed by atoms with Gasteiger partial charge in [0.2, 0.25) is 0 Å². The Bertz CT molecular complexity index is 438. The first-order chi connectivity index (χ1) is 8.40. The molecule has 18 heavy (non-hydrogen) atoms. The van der Waals surface area contributed by atoms with E-state index in [0.717, 1.165) is 29.3 Å². The van der Waals surface area contributed by atoms with Gasteiger partial charge in [0.15, 0.2) is 0 Å². The minimum absolute atomic E-state index is 0.0535. The summed E-state index contributed by atoms with van der Waals surface area (Å²) in [4.78, 5) is 8.95. The van der Waals surface area contributed by atoms with Crippen molar-refractivity contribution >= 4 is 21.7 Å². The Balaban J connectivity index is 2.23. The molecule has 100 valence electrons. The molecular formula is C13H20BrN3O. The van der Waals surface area contributed by atoms with Crippen LogP contribution in [0.4, 0.5) is 5.82 Å². The quantitative estimate of drug-likeness (QED) is 0.869. The van der Waals surface area contributed by atoms with Crippen LogP contribution in [0.3, 0.4) is 0 Å². The van der Waals surface area contributed by atoms with E-state index in [1.165, 1.54) is 0 Å². The van der Waals surface area contributed by atoms with E-state index in [1.54, 1.807) is 0 Å². The van der Waals surface area contributed by atoms with E-state index in [1.807, 2.05) is 6.07 Å². The number of nitrogens with one attached hydrogen (secondary N) is 1. The van der Waals surface area contributed by atoms with Gasteiger partial charge in [0.05, 0.1) is 11.6 Å². The zero-order chi connectivity index (χ0) is 13.3. The number of ether oxygens (including phenoxy) is 1. The van der Waals surface area contributed by atoms with Crippen molar-refractivity contribution < 1.29 is 4.74 Å². The first-order valence-corrected chi connectivity index (χ1v) is 7.14. The summed E-state index contributed by atoms with van der Waals surface area (Å²) in [6.45, 7) is 9.26. The minimum atomic E-state index is -0.0535. The number of aromatic nitrogens is 2. The molecule has 0 aliphatic carbocycles. The lowest BCUT2D eigenvalue weighted by Crippen LogP contribution is -2.41. The summed E-state index contributed by atoms with van der Waals surface area (Å²) in [6.07, 6.45) is 1.18. The van der Waals surface area contributed by atoms with Crippen LogP contribution in [-0.4, -0.2) is 28.2 Å². The van der Waals surface area contributed by atoms with Gasteiger partial charge in [0, 0.05) is 18.6 Å². The van der Waals surface area contributed by atoms with Crippen molar-refractivity contribution in [1.29, 1.82) is 0 Å². The molecule has 2 rings (SSSR count). The van der Waals surface area contributed by atoms with Gasteiger partial charge in [-0.05, 0) is 36.2 Å². The number of halogens is 1. The van der Waals surface area contributed by atoms with E-state index in [2.05, 4.69) is 58.9 Å². The molecular weight excluding hydrogens is 294 g/mol. The predicted molar refractivity (Wildman–Crippen MR) is 75.9 cm³/mol. The van der Waals surface area contributed by atoms with E-state index < -0.39 is 0 Å². The molecule has 0 radical (unpaired) electrons. The molecule has 0 bridgehead atoms. The number of hydrogen-bond acceptors (Lipinski definition) is 4. The second-order valence-electron chi connectivity index (χ2n) is 5.39. The normalized spacial score (nSPS) is 27.8. The summed E-state index contributed by atoms with van der Waals surface area (Å²) in [5, 5.41) is 3.50. The monoisotopic (exact) mass is 313 g/mol. The second-order valence-corrected chi connectivity index (χ2v) is 6.21. The number of rotatable bonds is 3. The Morgan fingerprint density at radius 2 is 2.22 bits per heavy atom. The highest BCUT2D eigenvalue weighted by atomic mass is 79.9. The lowest BCUT2D eigenvalue weighted by atomic mass is 9.95. The lowest BCUT2D eigenvalue weighted by molar-refractivity contribution is 0.105. The molecule has 1 saturated heterocycles. The summed E-state index contributed by atoms with van der Waals surface area (Å²) in [5.41, 5.74) is -0.0535. The molecule has 1 N–H and O–H groups in total. The minimum Gasteiger partial charge on any atom is -0.376 e. The number of nitrogens with zero attached hydrogens (tertiary/aromatic N) is 2. The summed E-state index contributed by atoms with van der Waals surface area (Å²) in [6, 6.07) is 1.92. The van der Waals surface area contributed by atoms with Crippen LogP contribution in [0.1, 0.15) is 45.9 Å². The highest BCUT2D eigenvalue weighted by Crippen LogP contribution is 2.29. The van der Waals surface area contributed by atoms with Crippen molar-refractivity contribution in [3.8, 4) is 0 Å². The average Bonchev–Trinajstić information content (AvgIpc) is 2.58. The molecule has 2 unspecified atom stereocenters. The van der Waals surface area contributed by atoms with Crippen molar-refractivity contribution in [2.45, 2.75) is 51.7 Å². The molecule has 0 saturated carbocycles. The van der Waals surface area contributed by atoms with E-state index >= 15 is 0 Å². The SMILES string of the molecule is CC(C)c1nc(Br)cc(NC2(C)CCOC2C)n1. The summed E-state index contributed by atoms with van der Waals surface area (Å²) in [7, 11) is 0. The molecule has 0 aromatic carbocycles. The fourth-order valence-corrected chi connectivity index (χ4v) is 2.45. The van der Waals surface area contributed by atoms with Crippen molar-refractivity contribution in [2.75, 3.05) is 11.9 Å². The maximum atomic E-state index is 5.63. The zero-order valence-corrected chi connectivity index (χ0v) is 12.9. The van der Waals surface area contributed by atoms with Gasteiger partial charge in [-0.3, -0.25) is 0 Å². The van der Waals surface area contributed by atoms with Gasteiger partial charge in [-0.2, -0.15) is 0 Å². The van der Waals surface area contributed by atoms with Crippen LogP contribution in [0.5, 0.6) is 0 Å². The molecule has 1 aromatic heterocycles. The van der Waals surface area contributed by atoms with E-state index in [9.17, 15) is 0 Å². The molecule has 1 aliphatic heterocycles. The Kier molecular flexibility index (Phi) is 3.92. The highest BCUT2D eigenvalue weighted by Gasteiger charge is 2.37. The molecule has 4 nitrogen and oxygen atoms in total. The molecule has 1 aromatic rings. The van der Waals surface area contributed by atoms with Gasteiger partial charge in [-0.1, -0.05) is 13.8 Å². The van der Waals surface area contributed by atoms with Crippen LogP contribution in [-0.2, 0) is 4.74 Å². The van der Waals surface area contributed by atoms with Crippen LogP contribution in [0.2, 0.25) is 0 Å². The fourth-order valence-electron chi connectivity index (χ4n) is 2.05. The molecule has 5 heteroatoms. The van der Waals surface area contributed by atoms with Crippen molar-refractivity contribution in [1.82, 2.24) is 9.97 Å². The Hall–Kier alpha value is -0.680. The van der Waals surface area contributed by atoms with Crippen molar-refractivity contribution in [3.05, 3.63) is 16.5 Å². The van der Waals surface area contributed by atoms with Crippen molar-refractivity contribution in [2.24, 2.45) is 0 Å². The Morgan fingerprint density at radius 3 is 2.78 bits per heavy atom. The summed E-state index contributed by atoms with van der Waals surface area (Å²) in [5.74, 6) is 2.02. The number of anilines is 1. The third-order valence-corrected chi connectivity index (χ3v) is 3.93. The number of hydrogen-bond donors (Lipinski definition) is 1. The van der Waals surface area contributed by atoms with Gasteiger partial charge in [0.25, 0.3) is 0 Å². The van der Waals surface area contributed by atoms with Gasteiger partial charge < -0.3 is 10.1 Å². The van der Waals surface area contributed by atoms with Crippen molar-refractivity contribution in [3.63, 3.8) is 0 Å². The van der Waals surface area contributed by atoms with Gasteiger partial charge in [0.1, 0.15) is 16.2 Å². The zero-order valence-electron chi connectivity index (χ0n) is 11.3. The van der Waals surface area contributed by atoms with Crippen LogP contribution >= 0.6 is 15.9 Å². The standard InChI is InChI=1S/C13H20BrN3O/c1-8(2)12-15-10(14)7-11(16-12)17-13(4)5-6-18-9(13)3/h7-9H,5-6H2,1-4H3,(H,15,16,17). The van der Waals surface area contributed by atoms with Crippen LogP contribution < -0.4 is 5.32 Å². The molecule has 2 heterocycles. The first-order valence-electron chi connectivity index (χ1n) is 6.35. The molecule has 2 atom stereocenters. The first kappa shape index (κ1) is 13.7. The predicted octanol–water partition coefficient (Wildman–Crippen LogP) is 3.34. The second kappa shape index (κ2) is 5.13. The van der Waals surface area contributed by atoms with E-state index in [4.69, 9.17) is 4.74 Å².